The molecule has 0 bridgehead atoms. The second-order valence-corrected chi connectivity index (χ2v) is 5.68. The minimum atomic E-state index is -0.103. The van der Waals surface area contributed by atoms with Gasteiger partial charge in [-0.05, 0) is 55.2 Å². The highest BCUT2D eigenvalue weighted by molar-refractivity contribution is 6.30. The van der Waals surface area contributed by atoms with Crippen LogP contribution in [-0.2, 0) is 6.42 Å². The number of nitriles is 1. The van der Waals surface area contributed by atoms with Crippen LogP contribution in [-0.4, -0.2) is 12.9 Å². The molecule has 0 spiro atoms. The number of nitrogens with zero attached hydrogens (tertiary/aromatic N) is 1. The number of methoxy groups -OCH3 is 1. The molecule has 3 rings (SSSR count). The van der Waals surface area contributed by atoms with Gasteiger partial charge in [0, 0.05) is 16.7 Å². The Balaban J connectivity index is 2.09. The van der Waals surface area contributed by atoms with Crippen molar-refractivity contribution < 1.29 is 9.53 Å². The first-order chi connectivity index (χ1) is 11.1. The highest BCUT2D eigenvalue weighted by Crippen LogP contribution is 2.34. The lowest BCUT2D eigenvalue weighted by Gasteiger charge is -2.20. The number of rotatable bonds is 3. The molecule has 0 saturated carbocycles. The van der Waals surface area contributed by atoms with Crippen molar-refractivity contribution in [2.24, 2.45) is 0 Å². The average molecular weight is 303 g/mol. The smallest absolute Gasteiger partial charge is 0.194 e. The molecular weight excluding hydrogens is 286 g/mol. The highest BCUT2D eigenvalue weighted by Gasteiger charge is 2.25. The molecule has 0 unspecified atom stereocenters. The van der Waals surface area contributed by atoms with Gasteiger partial charge in [0.2, 0.25) is 0 Å². The molecule has 0 N–H and O–H groups in total. The first-order valence-electron chi connectivity index (χ1n) is 7.56. The number of hydrogen-bond acceptors (Lipinski definition) is 3. The Morgan fingerprint density at radius 1 is 1.13 bits per heavy atom. The van der Waals surface area contributed by atoms with Gasteiger partial charge >= 0.3 is 0 Å². The number of carbonyl (C=O) groups is 1. The number of aryl methyl sites for hydroxylation is 2. The predicted molar refractivity (Wildman–Crippen MR) is 89.4 cm³/mol. The van der Waals surface area contributed by atoms with Crippen LogP contribution in [0.4, 0.5) is 0 Å². The second kappa shape index (κ2) is 6.10. The number of fused-ring (bicyclic) bond motifs is 1. The Morgan fingerprint density at radius 3 is 2.52 bits per heavy atom. The maximum atomic E-state index is 13.0. The van der Waals surface area contributed by atoms with Crippen LogP contribution >= 0.6 is 0 Å². The van der Waals surface area contributed by atoms with E-state index < -0.39 is 0 Å². The summed E-state index contributed by atoms with van der Waals surface area (Å²) in [5.74, 6) is 0.602. The van der Waals surface area contributed by atoms with E-state index in [-0.39, 0.29) is 5.78 Å². The zero-order chi connectivity index (χ0) is 16.4. The molecule has 2 aromatic carbocycles. The zero-order valence-corrected chi connectivity index (χ0v) is 13.2. The van der Waals surface area contributed by atoms with Crippen LogP contribution in [0, 0.1) is 18.3 Å². The third-order valence-electron chi connectivity index (χ3n) is 4.19. The molecule has 1 aliphatic carbocycles. The standard InChI is InChI=1S/C20H17NO2/c1-13-3-10-18-15(11-13)4-5-16(12-21)19(18)20(22)14-6-8-17(23-2)9-7-14/h3,6-11H,4-5H2,1-2H3. The normalized spacial score (nSPS) is 13.3. The summed E-state index contributed by atoms with van der Waals surface area (Å²) in [4.78, 5) is 13.0. The second-order valence-electron chi connectivity index (χ2n) is 5.68. The van der Waals surface area contributed by atoms with E-state index in [1.165, 1.54) is 5.56 Å². The van der Waals surface area contributed by atoms with Crippen molar-refractivity contribution in [3.05, 3.63) is 70.3 Å². The average Bonchev–Trinajstić information content (AvgIpc) is 2.60. The lowest BCUT2D eigenvalue weighted by atomic mass is 9.82. The molecule has 0 aliphatic heterocycles. The van der Waals surface area contributed by atoms with Crippen molar-refractivity contribution >= 4 is 11.4 Å². The summed E-state index contributed by atoms with van der Waals surface area (Å²) in [6.07, 6.45) is 1.42. The van der Waals surface area contributed by atoms with Gasteiger partial charge in [-0.2, -0.15) is 5.26 Å². The third kappa shape index (κ3) is 2.76. The van der Waals surface area contributed by atoms with Crippen molar-refractivity contribution in [1.29, 1.82) is 5.26 Å². The van der Waals surface area contributed by atoms with Gasteiger partial charge in [0.25, 0.3) is 0 Å². The fourth-order valence-corrected chi connectivity index (χ4v) is 2.98. The summed E-state index contributed by atoms with van der Waals surface area (Å²) in [6.45, 7) is 2.04. The number of ether oxygens (including phenoxy) is 1. The Hall–Kier alpha value is -2.86. The molecule has 0 amide bonds. The Labute approximate surface area is 135 Å². The Bertz CT molecular complexity index is 839. The number of ketones is 1. The van der Waals surface area contributed by atoms with Crippen LogP contribution in [0.5, 0.6) is 5.75 Å². The van der Waals surface area contributed by atoms with Gasteiger partial charge in [-0.25, -0.2) is 0 Å². The van der Waals surface area contributed by atoms with Gasteiger partial charge in [-0.15, -0.1) is 0 Å². The molecule has 3 heteroatoms. The quantitative estimate of drug-likeness (QED) is 0.802. The summed E-state index contributed by atoms with van der Waals surface area (Å²) in [7, 11) is 1.59. The first-order valence-corrected chi connectivity index (χ1v) is 7.56. The monoisotopic (exact) mass is 303 g/mol. The molecule has 114 valence electrons. The first kappa shape index (κ1) is 15.1. The van der Waals surface area contributed by atoms with Gasteiger partial charge in [-0.1, -0.05) is 23.8 Å². The highest BCUT2D eigenvalue weighted by atomic mass is 16.5. The van der Waals surface area contributed by atoms with Gasteiger partial charge < -0.3 is 4.74 Å². The van der Waals surface area contributed by atoms with Crippen LogP contribution in [0.3, 0.4) is 0 Å². The van der Waals surface area contributed by atoms with Crippen molar-refractivity contribution in [3.63, 3.8) is 0 Å². The van der Waals surface area contributed by atoms with Crippen LogP contribution in [0.2, 0.25) is 0 Å². The van der Waals surface area contributed by atoms with E-state index >= 15 is 0 Å². The number of hydrogen-bond donors (Lipinski definition) is 0. The van der Waals surface area contributed by atoms with E-state index in [9.17, 15) is 10.1 Å². The van der Waals surface area contributed by atoms with Crippen LogP contribution in [0.25, 0.3) is 5.57 Å². The van der Waals surface area contributed by atoms with Gasteiger partial charge in [0.15, 0.2) is 5.78 Å². The molecule has 0 radical (unpaired) electrons. The molecule has 0 atom stereocenters. The van der Waals surface area contributed by atoms with Crippen molar-refractivity contribution in [1.82, 2.24) is 0 Å². The van der Waals surface area contributed by atoms with E-state index in [4.69, 9.17) is 4.74 Å². The van der Waals surface area contributed by atoms with Crippen LogP contribution < -0.4 is 4.74 Å². The summed E-state index contributed by atoms with van der Waals surface area (Å²) < 4.78 is 5.13. The Kier molecular flexibility index (Phi) is 3.99. The molecule has 3 nitrogen and oxygen atoms in total. The SMILES string of the molecule is COc1ccc(C(=O)C2=C(C#N)CCc3cc(C)ccc32)cc1. The van der Waals surface area contributed by atoms with Gasteiger partial charge in [0.1, 0.15) is 5.75 Å². The molecule has 1 aliphatic rings. The lowest BCUT2D eigenvalue weighted by molar-refractivity contribution is 0.105. The predicted octanol–water partition coefficient (Wildman–Crippen LogP) is 4.11. The fraction of sp³-hybridized carbons (Fsp3) is 0.200. The van der Waals surface area contributed by atoms with Crippen molar-refractivity contribution in [2.45, 2.75) is 19.8 Å². The molecule has 0 heterocycles. The van der Waals surface area contributed by atoms with Gasteiger partial charge in [-0.3, -0.25) is 4.79 Å². The zero-order valence-electron chi connectivity index (χ0n) is 13.2. The summed E-state index contributed by atoms with van der Waals surface area (Å²) in [6, 6.07) is 15.3. The molecule has 0 aromatic heterocycles. The summed E-state index contributed by atoms with van der Waals surface area (Å²) >= 11 is 0. The molecule has 23 heavy (non-hydrogen) atoms. The molecular formula is C20H17NO2. The van der Waals surface area contributed by atoms with E-state index in [1.807, 2.05) is 19.1 Å². The molecule has 0 saturated heterocycles. The maximum Gasteiger partial charge on any atom is 0.194 e. The topological polar surface area (TPSA) is 50.1 Å². The summed E-state index contributed by atoms with van der Waals surface area (Å²) in [5, 5.41) is 9.44. The van der Waals surface area contributed by atoms with E-state index in [2.05, 4.69) is 12.1 Å². The van der Waals surface area contributed by atoms with E-state index in [0.29, 0.717) is 28.9 Å². The number of Topliss-reactive ketones (excluding diaryl/α,β-unsaturated/α-hetero) is 1. The summed E-state index contributed by atoms with van der Waals surface area (Å²) in [5.41, 5.74) is 4.88. The van der Waals surface area contributed by atoms with E-state index in [0.717, 1.165) is 17.5 Å². The lowest BCUT2D eigenvalue weighted by Crippen LogP contribution is -2.12. The minimum Gasteiger partial charge on any atom is -0.497 e. The fourth-order valence-electron chi connectivity index (χ4n) is 2.98. The largest absolute Gasteiger partial charge is 0.497 e. The number of carbonyl (C=O) groups excluding carboxylic acids is 1. The third-order valence-corrected chi connectivity index (χ3v) is 4.19. The van der Waals surface area contributed by atoms with Crippen molar-refractivity contribution in [2.75, 3.05) is 7.11 Å². The number of allylic oxidation sites excluding steroid dienone is 2. The van der Waals surface area contributed by atoms with E-state index in [1.54, 1.807) is 31.4 Å². The Morgan fingerprint density at radius 2 is 1.87 bits per heavy atom. The van der Waals surface area contributed by atoms with Crippen LogP contribution in [0.15, 0.2) is 48.0 Å². The minimum absolute atomic E-state index is 0.103. The molecule has 0 fully saturated rings. The van der Waals surface area contributed by atoms with Gasteiger partial charge in [0.05, 0.1) is 13.2 Å². The molecule has 2 aromatic rings. The maximum absolute atomic E-state index is 13.0. The number of benzene rings is 2. The van der Waals surface area contributed by atoms with Crippen molar-refractivity contribution in [3.8, 4) is 11.8 Å². The van der Waals surface area contributed by atoms with Crippen LogP contribution in [0.1, 0.15) is 33.5 Å².